The number of benzene rings is 2. The standard InChI is InChI=1S/C16H17N3O5S2/c1-22-12-8-11-15(14(24-3)13(12)23-2)25-16(18-11)19-26(20,21)10-6-4-9(17)5-7-10/h4-8H,17H2,1-3H3,(H,18,19). The van der Waals surface area contributed by atoms with Crippen molar-refractivity contribution in [3.8, 4) is 17.2 Å². The van der Waals surface area contributed by atoms with E-state index in [4.69, 9.17) is 19.9 Å². The third kappa shape index (κ3) is 3.20. The highest BCUT2D eigenvalue weighted by atomic mass is 32.2. The van der Waals surface area contributed by atoms with Gasteiger partial charge in [0.05, 0.1) is 31.7 Å². The molecule has 0 aliphatic rings. The van der Waals surface area contributed by atoms with Crippen LogP contribution in [0.15, 0.2) is 35.2 Å². The average Bonchev–Trinajstić information content (AvgIpc) is 3.01. The maximum atomic E-state index is 12.5. The van der Waals surface area contributed by atoms with Gasteiger partial charge in [-0.15, -0.1) is 0 Å². The van der Waals surface area contributed by atoms with Gasteiger partial charge >= 0.3 is 0 Å². The molecule has 1 heterocycles. The molecule has 0 amide bonds. The van der Waals surface area contributed by atoms with Gasteiger partial charge in [-0.05, 0) is 24.3 Å². The van der Waals surface area contributed by atoms with E-state index < -0.39 is 10.0 Å². The van der Waals surface area contributed by atoms with E-state index in [0.717, 1.165) is 11.3 Å². The Bertz CT molecular complexity index is 1050. The van der Waals surface area contributed by atoms with Gasteiger partial charge in [0.15, 0.2) is 16.6 Å². The van der Waals surface area contributed by atoms with Crippen LogP contribution in [0.4, 0.5) is 10.8 Å². The van der Waals surface area contributed by atoms with Gasteiger partial charge in [0, 0.05) is 11.8 Å². The number of hydrogen-bond acceptors (Lipinski definition) is 8. The van der Waals surface area contributed by atoms with Crippen LogP contribution in [0, 0.1) is 0 Å². The molecule has 0 bridgehead atoms. The number of sulfonamides is 1. The number of nitrogens with two attached hydrogens (primary N) is 1. The third-order valence-electron chi connectivity index (χ3n) is 3.60. The summed E-state index contributed by atoms with van der Waals surface area (Å²) in [6.45, 7) is 0. The van der Waals surface area contributed by atoms with Crippen molar-refractivity contribution in [3.05, 3.63) is 30.3 Å². The van der Waals surface area contributed by atoms with E-state index in [1.165, 1.54) is 45.6 Å². The number of thiazole rings is 1. The van der Waals surface area contributed by atoms with E-state index in [1.807, 2.05) is 0 Å². The molecule has 0 spiro atoms. The fourth-order valence-corrected chi connectivity index (χ4v) is 4.59. The van der Waals surface area contributed by atoms with Crippen LogP contribution in [0.2, 0.25) is 0 Å². The van der Waals surface area contributed by atoms with Crippen molar-refractivity contribution in [3.63, 3.8) is 0 Å². The number of nitrogen functional groups attached to an aromatic ring is 1. The zero-order valence-corrected chi connectivity index (χ0v) is 15.9. The number of ether oxygens (including phenoxy) is 3. The third-order valence-corrected chi connectivity index (χ3v) is 6.07. The van der Waals surface area contributed by atoms with Gasteiger partial charge in [-0.25, -0.2) is 13.4 Å². The summed E-state index contributed by atoms with van der Waals surface area (Å²) < 4.78 is 44.2. The molecule has 0 unspecified atom stereocenters. The monoisotopic (exact) mass is 395 g/mol. The van der Waals surface area contributed by atoms with Gasteiger partial charge in [-0.3, -0.25) is 4.72 Å². The lowest BCUT2D eigenvalue weighted by molar-refractivity contribution is 0.327. The molecule has 3 rings (SSSR count). The second-order valence-corrected chi connectivity index (χ2v) is 7.87. The first kappa shape index (κ1) is 18.1. The Morgan fingerprint density at radius 3 is 2.27 bits per heavy atom. The number of nitrogens with one attached hydrogen (secondary N) is 1. The summed E-state index contributed by atoms with van der Waals surface area (Å²) in [5, 5.41) is 0.199. The number of rotatable bonds is 6. The van der Waals surface area contributed by atoms with E-state index in [2.05, 4.69) is 9.71 Å². The molecule has 0 saturated carbocycles. The van der Waals surface area contributed by atoms with E-state index in [9.17, 15) is 8.42 Å². The highest BCUT2D eigenvalue weighted by Gasteiger charge is 2.22. The highest BCUT2D eigenvalue weighted by Crippen LogP contribution is 2.46. The molecule has 0 fully saturated rings. The molecule has 2 aromatic carbocycles. The predicted octanol–water partition coefficient (Wildman–Crippen LogP) is 2.71. The van der Waals surface area contributed by atoms with Crippen LogP contribution in [0.5, 0.6) is 17.2 Å². The van der Waals surface area contributed by atoms with Crippen molar-refractivity contribution < 1.29 is 22.6 Å². The fraction of sp³-hybridized carbons (Fsp3) is 0.188. The van der Waals surface area contributed by atoms with Crippen LogP contribution in [0.3, 0.4) is 0 Å². The normalized spacial score (nSPS) is 11.3. The summed E-state index contributed by atoms with van der Waals surface area (Å²) in [5.74, 6) is 1.28. The Hall–Kier alpha value is -2.72. The molecule has 0 atom stereocenters. The SMILES string of the molecule is COc1cc2nc(NS(=O)(=O)c3ccc(N)cc3)sc2c(OC)c1OC. The lowest BCUT2D eigenvalue weighted by Crippen LogP contribution is -2.12. The van der Waals surface area contributed by atoms with Crippen LogP contribution < -0.4 is 24.7 Å². The largest absolute Gasteiger partial charge is 0.493 e. The molecule has 3 N–H and O–H groups in total. The zero-order valence-electron chi connectivity index (χ0n) is 14.3. The molecule has 0 radical (unpaired) electrons. The second-order valence-electron chi connectivity index (χ2n) is 5.19. The van der Waals surface area contributed by atoms with Gasteiger partial charge in [-0.1, -0.05) is 11.3 Å². The molecular weight excluding hydrogens is 378 g/mol. The fourth-order valence-electron chi connectivity index (χ4n) is 2.39. The summed E-state index contributed by atoms with van der Waals surface area (Å²) in [6.07, 6.45) is 0. The molecule has 26 heavy (non-hydrogen) atoms. The summed E-state index contributed by atoms with van der Waals surface area (Å²) in [7, 11) is 0.703. The maximum absolute atomic E-state index is 12.5. The number of hydrogen-bond donors (Lipinski definition) is 2. The van der Waals surface area contributed by atoms with Crippen LogP contribution in [-0.2, 0) is 10.0 Å². The number of anilines is 2. The van der Waals surface area contributed by atoms with E-state index >= 15 is 0 Å². The lowest BCUT2D eigenvalue weighted by atomic mass is 10.2. The minimum Gasteiger partial charge on any atom is -0.493 e. The molecule has 3 aromatic rings. The Kier molecular flexibility index (Phi) is 4.79. The highest BCUT2D eigenvalue weighted by molar-refractivity contribution is 7.93. The van der Waals surface area contributed by atoms with Crippen molar-refractivity contribution in [2.45, 2.75) is 4.90 Å². The van der Waals surface area contributed by atoms with Gasteiger partial charge < -0.3 is 19.9 Å². The van der Waals surface area contributed by atoms with Crippen molar-refractivity contribution in [2.75, 3.05) is 31.8 Å². The zero-order chi connectivity index (χ0) is 18.9. The van der Waals surface area contributed by atoms with Crippen molar-refractivity contribution >= 4 is 42.4 Å². The average molecular weight is 395 g/mol. The van der Waals surface area contributed by atoms with E-state index in [1.54, 1.807) is 6.07 Å². The molecule has 1 aromatic heterocycles. The molecule has 10 heteroatoms. The molecule has 0 aliphatic heterocycles. The van der Waals surface area contributed by atoms with Crippen LogP contribution in [-0.4, -0.2) is 34.7 Å². The summed E-state index contributed by atoms with van der Waals surface area (Å²) in [6, 6.07) is 7.56. The first-order chi connectivity index (χ1) is 12.4. The van der Waals surface area contributed by atoms with Gasteiger partial charge in [0.25, 0.3) is 10.0 Å². The molecule has 8 nitrogen and oxygen atoms in total. The molecule has 0 saturated heterocycles. The number of methoxy groups -OCH3 is 3. The smallest absolute Gasteiger partial charge is 0.263 e. The predicted molar refractivity (Wildman–Crippen MR) is 101 cm³/mol. The van der Waals surface area contributed by atoms with E-state index in [-0.39, 0.29) is 10.0 Å². The first-order valence-corrected chi connectivity index (χ1v) is 9.67. The van der Waals surface area contributed by atoms with Crippen LogP contribution in [0.1, 0.15) is 0 Å². The summed E-state index contributed by atoms with van der Waals surface area (Å²) >= 11 is 1.14. The Balaban J connectivity index is 2.05. The van der Waals surface area contributed by atoms with E-state index in [0.29, 0.717) is 33.2 Å². The quantitative estimate of drug-likeness (QED) is 0.617. The summed E-state index contributed by atoms with van der Waals surface area (Å²) in [4.78, 5) is 4.41. The second kappa shape index (κ2) is 6.89. The Morgan fingerprint density at radius 1 is 1.04 bits per heavy atom. The molecular formula is C16H17N3O5S2. The van der Waals surface area contributed by atoms with Crippen LogP contribution >= 0.6 is 11.3 Å². The van der Waals surface area contributed by atoms with Gasteiger partial charge in [0.2, 0.25) is 5.75 Å². The van der Waals surface area contributed by atoms with Gasteiger partial charge in [-0.2, -0.15) is 0 Å². The van der Waals surface area contributed by atoms with Crippen LogP contribution in [0.25, 0.3) is 10.2 Å². The first-order valence-electron chi connectivity index (χ1n) is 7.37. The van der Waals surface area contributed by atoms with Crippen molar-refractivity contribution in [1.82, 2.24) is 4.98 Å². The lowest BCUT2D eigenvalue weighted by Gasteiger charge is -2.11. The number of fused-ring (bicyclic) bond motifs is 1. The summed E-state index contributed by atoms with van der Waals surface area (Å²) in [5.41, 5.74) is 6.60. The number of nitrogens with zero attached hydrogens (tertiary/aromatic N) is 1. The Morgan fingerprint density at radius 2 is 1.69 bits per heavy atom. The minimum atomic E-state index is -3.79. The maximum Gasteiger partial charge on any atom is 0.263 e. The molecule has 138 valence electrons. The van der Waals surface area contributed by atoms with Crippen molar-refractivity contribution in [2.24, 2.45) is 0 Å². The van der Waals surface area contributed by atoms with Crippen molar-refractivity contribution in [1.29, 1.82) is 0 Å². The Labute approximate surface area is 154 Å². The minimum absolute atomic E-state index is 0.0908. The van der Waals surface area contributed by atoms with Gasteiger partial charge in [0.1, 0.15) is 4.70 Å². The number of aromatic nitrogens is 1. The molecule has 0 aliphatic carbocycles. The topological polar surface area (TPSA) is 113 Å².